The number of amides is 3. The van der Waals surface area contributed by atoms with E-state index >= 15 is 0 Å². The van der Waals surface area contributed by atoms with Gasteiger partial charge in [0.15, 0.2) is 0 Å². The van der Waals surface area contributed by atoms with Gasteiger partial charge in [-0.05, 0) is 73.2 Å². The summed E-state index contributed by atoms with van der Waals surface area (Å²) in [5, 5.41) is 2.33. The number of hydrogen-bond acceptors (Lipinski definition) is 6. The molecule has 1 aliphatic carbocycles. The van der Waals surface area contributed by atoms with Gasteiger partial charge in [0.25, 0.3) is 11.8 Å². The van der Waals surface area contributed by atoms with E-state index in [1.54, 1.807) is 17.0 Å². The molecule has 9 nitrogen and oxygen atoms in total. The number of imide groups is 1. The van der Waals surface area contributed by atoms with Gasteiger partial charge >= 0.3 is 0 Å². The zero-order valence-electron chi connectivity index (χ0n) is 23.0. The average Bonchev–Trinajstić information content (AvgIpc) is 3.31. The van der Waals surface area contributed by atoms with Gasteiger partial charge in [-0.15, -0.1) is 0 Å². The number of benzene rings is 2. The number of carbonyl (C=O) groups is 3. The Morgan fingerprint density at radius 3 is 2.40 bits per heavy atom. The number of fused-ring (bicyclic) bond motifs is 2. The molecule has 0 bridgehead atoms. The van der Waals surface area contributed by atoms with Gasteiger partial charge in [0.1, 0.15) is 6.04 Å². The van der Waals surface area contributed by atoms with E-state index in [0.717, 1.165) is 42.6 Å². The van der Waals surface area contributed by atoms with E-state index in [9.17, 15) is 31.6 Å². The fourth-order valence-electron chi connectivity index (χ4n) is 7.15. The Morgan fingerprint density at radius 1 is 0.952 bits per heavy atom. The largest absolute Gasteiger partial charge is 0.322 e. The van der Waals surface area contributed by atoms with Crippen LogP contribution in [0.1, 0.15) is 58.6 Å². The highest BCUT2D eigenvalue weighted by atomic mass is 32.2. The van der Waals surface area contributed by atoms with Crippen LogP contribution >= 0.6 is 0 Å². The second-order valence-electron chi connectivity index (χ2n) is 12.2. The van der Waals surface area contributed by atoms with Crippen molar-refractivity contribution in [3.63, 3.8) is 0 Å². The van der Waals surface area contributed by atoms with Crippen LogP contribution in [0.2, 0.25) is 0 Å². The summed E-state index contributed by atoms with van der Waals surface area (Å²) in [6.07, 6.45) is 2.38. The van der Waals surface area contributed by atoms with E-state index in [-0.39, 0.29) is 36.2 Å². The number of likely N-dealkylation sites (tertiary alicyclic amines) is 1. The first kappa shape index (κ1) is 27.6. The highest BCUT2D eigenvalue weighted by molar-refractivity contribution is 7.89. The van der Waals surface area contributed by atoms with Gasteiger partial charge in [-0.3, -0.25) is 24.6 Å². The van der Waals surface area contributed by atoms with Crippen molar-refractivity contribution in [2.75, 3.05) is 26.2 Å². The number of rotatable bonds is 6. The van der Waals surface area contributed by atoms with Crippen molar-refractivity contribution in [1.29, 1.82) is 0 Å². The molecule has 0 aromatic heterocycles. The molecular formula is C30H32F2N4O5S. The van der Waals surface area contributed by atoms with Crippen LogP contribution in [0.25, 0.3) is 0 Å². The van der Waals surface area contributed by atoms with Gasteiger partial charge in [-0.2, -0.15) is 4.31 Å². The molecule has 12 heteroatoms. The number of piperidine rings is 3. The van der Waals surface area contributed by atoms with Crippen molar-refractivity contribution < 1.29 is 31.6 Å². The van der Waals surface area contributed by atoms with E-state index in [1.807, 2.05) is 18.2 Å². The van der Waals surface area contributed by atoms with Gasteiger partial charge in [0, 0.05) is 50.0 Å². The van der Waals surface area contributed by atoms with Crippen LogP contribution in [0.4, 0.5) is 8.78 Å². The Morgan fingerprint density at radius 2 is 1.69 bits per heavy atom. The van der Waals surface area contributed by atoms with Gasteiger partial charge in [-0.25, -0.2) is 17.2 Å². The lowest BCUT2D eigenvalue weighted by molar-refractivity contribution is -0.136. The van der Waals surface area contributed by atoms with Crippen molar-refractivity contribution in [3.05, 3.63) is 64.7 Å². The number of halogens is 2. The van der Waals surface area contributed by atoms with Gasteiger partial charge in [0.2, 0.25) is 21.8 Å². The van der Waals surface area contributed by atoms with E-state index in [4.69, 9.17) is 0 Å². The summed E-state index contributed by atoms with van der Waals surface area (Å²) < 4.78 is 54.6. The summed E-state index contributed by atoms with van der Waals surface area (Å²) in [5.74, 6) is -5.02. The number of nitrogens with one attached hydrogen (secondary N) is 1. The molecule has 3 amide bonds. The van der Waals surface area contributed by atoms with E-state index in [0.29, 0.717) is 31.0 Å². The van der Waals surface area contributed by atoms with Crippen molar-refractivity contribution >= 4 is 27.7 Å². The molecule has 222 valence electrons. The second kappa shape index (κ2) is 9.92. The van der Waals surface area contributed by atoms with Gasteiger partial charge in [0.05, 0.1) is 4.90 Å². The average molecular weight is 599 g/mol. The lowest BCUT2D eigenvalue weighted by atomic mass is 9.87. The minimum absolute atomic E-state index is 0.121. The monoisotopic (exact) mass is 598 g/mol. The summed E-state index contributed by atoms with van der Waals surface area (Å²) >= 11 is 0. The summed E-state index contributed by atoms with van der Waals surface area (Å²) in [5.41, 5.74) is 3.54. The predicted octanol–water partition coefficient (Wildman–Crippen LogP) is 2.71. The van der Waals surface area contributed by atoms with Crippen LogP contribution in [0, 0.1) is 11.8 Å². The summed E-state index contributed by atoms with van der Waals surface area (Å²) in [7, 11) is -3.81. The molecule has 3 atom stereocenters. The first-order chi connectivity index (χ1) is 20.0. The third kappa shape index (κ3) is 4.64. The van der Waals surface area contributed by atoms with Crippen molar-refractivity contribution in [2.24, 2.45) is 11.8 Å². The van der Waals surface area contributed by atoms with Crippen LogP contribution in [0.5, 0.6) is 0 Å². The maximum Gasteiger partial charge on any atom is 0.257 e. The Kier molecular flexibility index (Phi) is 6.52. The normalized spacial score (nSPS) is 28.1. The number of carbonyl (C=O) groups excluding carboxylic acids is 3. The first-order valence-electron chi connectivity index (χ1n) is 14.5. The summed E-state index contributed by atoms with van der Waals surface area (Å²) in [6.45, 7) is 2.36. The van der Waals surface area contributed by atoms with Crippen LogP contribution in [0.3, 0.4) is 0 Å². The van der Waals surface area contributed by atoms with E-state index in [1.165, 1.54) is 10.4 Å². The summed E-state index contributed by atoms with van der Waals surface area (Å²) in [4.78, 5) is 40.9. The van der Waals surface area contributed by atoms with Crippen molar-refractivity contribution in [2.45, 2.75) is 61.6 Å². The molecular weight excluding hydrogens is 566 g/mol. The molecule has 0 spiro atoms. The Balaban J connectivity index is 0.962. The van der Waals surface area contributed by atoms with E-state index in [2.05, 4.69) is 16.3 Å². The number of hydrogen-bond donors (Lipinski definition) is 1. The molecule has 7 rings (SSSR count). The SMILES string of the molecule is O=C1CCC(N2Cc3cc(C4CCN(Cc5cccc(S(=O)(=O)N6CC7C(C6)C7(F)F)c5)CC4)ccc3C2=O)C(=O)N1. The third-order valence-electron chi connectivity index (χ3n) is 9.71. The predicted molar refractivity (Wildman–Crippen MR) is 147 cm³/mol. The van der Waals surface area contributed by atoms with Crippen molar-refractivity contribution in [1.82, 2.24) is 19.4 Å². The zero-order valence-corrected chi connectivity index (χ0v) is 23.8. The molecule has 4 aliphatic heterocycles. The highest BCUT2D eigenvalue weighted by Gasteiger charge is 2.72. The molecule has 5 aliphatic rings. The Bertz CT molecular complexity index is 1580. The standard InChI is InChI=1S/C30H32F2N4O5S/c31-30(32)24-16-35(17-25(24)30)42(40,41)22-3-1-2-18(12-22)14-34-10-8-19(9-11-34)20-4-5-23-21(13-20)15-36(29(23)39)26-6-7-27(37)33-28(26)38/h1-5,12-13,19,24-26H,6-11,14-17H2,(H,33,37,38). The lowest BCUT2D eigenvalue weighted by Gasteiger charge is -2.32. The molecule has 4 heterocycles. The Labute approximate surface area is 242 Å². The molecule has 3 saturated heterocycles. The molecule has 2 aromatic carbocycles. The van der Waals surface area contributed by atoms with Crippen LogP contribution in [-0.4, -0.2) is 78.4 Å². The molecule has 0 radical (unpaired) electrons. The number of alkyl halides is 2. The van der Waals surface area contributed by atoms with Gasteiger partial charge in [-0.1, -0.05) is 24.3 Å². The summed E-state index contributed by atoms with van der Waals surface area (Å²) in [6, 6.07) is 12.1. The second-order valence-corrected chi connectivity index (χ2v) is 14.2. The number of nitrogens with zero attached hydrogens (tertiary/aromatic N) is 3. The fourth-order valence-corrected chi connectivity index (χ4v) is 8.72. The van der Waals surface area contributed by atoms with Crippen LogP contribution in [0.15, 0.2) is 47.4 Å². The fraction of sp³-hybridized carbons (Fsp3) is 0.500. The molecule has 42 heavy (non-hydrogen) atoms. The molecule has 4 fully saturated rings. The highest BCUT2D eigenvalue weighted by Crippen LogP contribution is 2.59. The molecule has 2 aromatic rings. The minimum atomic E-state index is -3.81. The van der Waals surface area contributed by atoms with Gasteiger partial charge < -0.3 is 4.90 Å². The van der Waals surface area contributed by atoms with Crippen molar-refractivity contribution in [3.8, 4) is 0 Å². The van der Waals surface area contributed by atoms with E-state index < -0.39 is 39.7 Å². The Hall–Kier alpha value is -3.22. The zero-order chi connectivity index (χ0) is 29.4. The minimum Gasteiger partial charge on any atom is -0.322 e. The molecule has 1 saturated carbocycles. The third-order valence-corrected chi connectivity index (χ3v) is 11.5. The van der Waals surface area contributed by atoms with Crippen LogP contribution < -0.4 is 5.32 Å². The maximum absolute atomic E-state index is 13.6. The lowest BCUT2D eigenvalue weighted by Crippen LogP contribution is -2.52. The first-order valence-corrected chi connectivity index (χ1v) is 15.9. The number of sulfonamides is 1. The van der Waals surface area contributed by atoms with Crippen LogP contribution in [-0.2, 0) is 32.7 Å². The maximum atomic E-state index is 13.6. The topological polar surface area (TPSA) is 107 Å². The molecule has 3 unspecified atom stereocenters. The quantitative estimate of drug-likeness (QED) is 0.513. The molecule has 1 N–H and O–H groups in total. The smallest absolute Gasteiger partial charge is 0.257 e.